The van der Waals surface area contributed by atoms with Crippen molar-refractivity contribution in [1.82, 2.24) is 21.3 Å². The topological polar surface area (TPSA) is 197 Å². The van der Waals surface area contributed by atoms with Crippen LogP contribution in [0, 0.1) is 5.92 Å². The third kappa shape index (κ3) is 9.19. The van der Waals surface area contributed by atoms with E-state index in [9.17, 15) is 28.8 Å². The number of ketones is 1. The van der Waals surface area contributed by atoms with Crippen molar-refractivity contribution in [3.8, 4) is 0 Å². The van der Waals surface area contributed by atoms with Crippen molar-refractivity contribution in [2.24, 2.45) is 11.7 Å². The first-order valence-electron chi connectivity index (χ1n) is 12.1. The van der Waals surface area contributed by atoms with Gasteiger partial charge in [-0.3, -0.25) is 24.0 Å². The summed E-state index contributed by atoms with van der Waals surface area (Å²) in [5.41, 5.74) is 6.21. The van der Waals surface area contributed by atoms with Crippen molar-refractivity contribution < 1.29 is 33.9 Å². The van der Waals surface area contributed by atoms with E-state index in [1.165, 1.54) is 6.92 Å². The fourth-order valence-electron chi connectivity index (χ4n) is 3.75. The third-order valence-electron chi connectivity index (χ3n) is 5.64. The van der Waals surface area contributed by atoms with E-state index >= 15 is 0 Å². The highest BCUT2D eigenvalue weighted by Crippen LogP contribution is 2.16. The summed E-state index contributed by atoms with van der Waals surface area (Å²) in [4.78, 5) is 72.2. The minimum Gasteiger partial charge on any atom is -0.465 e. The quantitative estimate of drug-likeness (QED) is 0.200. The second kappa shape index (κ2) is 13.7. The van der Waals surface area contributed by atoms with Crippen molar-refractivity contribution >= 4 is 46.3 Å². The van der Waals surface area contributed by atoms with Crippen LogP contribution in [0.5, 0.6) is 0 Å². The molecule has 0 aliphatic carbocycles. The zero-order valence-corrected chi connectivity index (χ0v) is 21.4. The molecule has 3 atom stereocenters. The Bertz CT molecular complexity index is 1210. The molecule has 0 aromatic heterocycles. The lowest BCUT2D eigenvalue weighted by Crippen LogP contribution is -2.54. The van der Waals surface area contributed by atoms with Gasteiger partial charge in [0.05, 0.1) is 12.6 Å². The highest BCUT2D eigenvalue weighted by molar-refractivity contribution is 6.38. The molecule has 0 heterocycles. The van der Waals surface area contributed by atoms with Crippen LogP contribution in [0.3, 0.4) is 0 Å². The summed E-state index contributed by atoms with van der Waals surface area (Å²) in [7, 11) is 0. The van der Waals surface area contributed by atoms with Gasteiger partial charge in [-0.25, -0.2) is 4.79 Å². The zero-order valence-electron chi connectivity index (χ0n) is 21.4. The van der Waals surface area contributed by atoms with E-state index in [0.717, 1.165) is 16.3 Å². The van der Waals surface area contributed by atoms with Crippen LogP contribution in [0.15, 0.2) is 42.5 Å². The number of nitrogens with one attached hydrogen (secondary N) is 4. The zero-order chi connectivity index (χ0) is 28.4. The van der Waals surface area contributed by atoms with Crippen LogP contribution in [0.1, 0.15) is 32.8 Å². The van der Waals surface area contributed by atoms with E-state index < -0.39 is 60.2 Å². The Kier molecular flexibility index (Phi) is 10.7. The van der Waals surface area contributed by atoms with Crippen LogP contribution in [0.25, 0.3) is 10.8 Å². The number of rotatable bonds is 13. The molecular formula is C26H33N5O7. The van der Waals surface area contributed by atoms with Gasteiger partial charge in [0, 0.05) is 6.42 Å². The number of hydrogen-bond donors (Lipinski definition) is 6. The maximum Gasteiger partial charge on any atom is 0.405 e. The van der Waals surface area contributed by atoms with Crippen LogP contribution in [-0.4, -0.2) is 65.3 Å². The summed E-state index contributed by atoms with van der Waals surface area (Å²) in [6.07, 6.45) is -1.08. The fourth-order valence-corrected chi connectivity index (χ4v) is 3.75. The number of carboxylic acid groups (broad SMARTS) is 1. The summed E-state index contributed by atoms with van der Waals surface area (Å²) >= 11 is 0. The van der Waals surface area contributed by atoms with Crippen LogP contribution >= 0.6 is 0 Å². The normalized spacial score (nSPS) is 13.2. The molecule has 2 aromatic rings. The van der Waals surface area contributed by atoms with Gasteiger partial charge in [0.2, 0.25) is 23.5 Å². The van der Waals surface area contributed by atoms with Gasteiger partial charge in [0.25, 0.3) is 5.91 Å². The highest BCUT2D eigenvalue weighted by Gasteiger charge is 2.28. The number of carbonyl (C=O) groups excluding carboxylic acids is 5. The summed E-state index contributed by atoms with van der Waals surface area (Å²) < 4.78 is 0. The van der Waals surface area contributed by atoms with Gasteiger partial charge < -0.3 is 32.1 Å². The molecule has 12 nitrogen and oxygen atoms in total. The predicted molar refractivity (Wildman–Crippen MR) is 139 cm³/mol. The molecule has 0 fully saturated rings. The molecule has 5 amide bonds. The molecule has 7 N–H and O–H groups in total. The fraction of sp³-hybridized carbons (Fsp3) is 0.385. The molecule has 2 rings (SSSR count). The second-order valence-corrected chi connectivity index (χ2v) is 9.32. The van der Waals surface area contributed by atoms with Crippen LogP contribution in [0.4, 0.5) is 4.79 Å². The minimum atomic E-state index is -1.40. The average Bonchev–Trinajstić information content (AvgIpc) is 2.85. The van der Waals surface area contributed by atoms with Crippen molar-refractivity contribution in [2.45, 2.75) is 51.7 Å². The lowest BCUT2D eigenvalue weighted by atomic mass is 10.0. The highest BCUT2D eigenvalue weighted by atomic mass is 16.4. The van der Waals surface area contributed by atoms with Crippen LogP contribution in [-0.2, 0) is 30.4 Å². The Labute approximate surface area is 219 Å². The number of nitrogens with two attached hydrogens (primary N) is 1. The van der Waals surface area contributed by atoms with Crippen molar-refractivity contribution in [3.05, 3.63) is 48.0 Å². The van der Waals surface area contributed by atoms with E-state index in [-0.39, 0.29) is 18.8 Å². The largest absolute Gasteiger partial charge is 0.465 e. The SMILES string of the molecule is CC(C)CC(NC(=O)O)C(=O)NC(C)C(=O)C(=O)NCC(=O)NC(Cc1ccc2ccccc2c1)C(N)=O. The first kappa shape index (κ1) is 29.7. The van der Waals surface area contributed by atoms with Gasteiger partial charge in [0.1, 0.15) is 12.1 Å². The Balaban J connectivity index is 1.90. The molecule has 3 unspecified atom stereocenters. The molecule has 38 heavy (non-hydrogen) atoms. The number of fused-ring (bicyclic) bond motifs is 1. The predicted octanol–water partition coefficient (Wildman–Crippen LogP) is 0.225. The number of primary amides is 1. The van der Waals surface area contributed by atoms with E-state index in [1.54, 1.807) is 13.8 Å². The maximum atomic E-state index is 12.4. The van der Waals surface area contributed by atoms with Crippen LogP contribution < -0.4 is 27.0 Å². The monoisotopic (exact) mass is 527 g/mol. The van der Waals surface area contributed by atoms with Crippen molar-refractivity contribution in [2.75, 3.05) is 6.54 Å². The molecule has 0 bridgehead atoms. The molecule has 2 aromatic carbocycles. The maximum absolute atomic E-state index is 12.4. The lowest BCUT2D eigenvalue weighted by molar-refractivity contribution is -0.140. The van der Waals surface area contributed by atoms with E-state index in [0.29, 0.717) is 0 Å². The number of benzene rings is 2. The number of amides is 5. The smallest absolute Gasteiger partial charge is 0.405 e. The first-order chi connectivity index (χ1) is 17.9. The van der Waals surface area contributed by atoms with Gasteiger partial charge in [-0.15, -0.1) is 0 Å². The summed E-state index contributed by atoms with van der Waals surface area (Å²) in [6.45, 7) is 4.24. The lowest BCUT2D eigenvalue weighted by Gasteiger charge is -2.21. The van der Waals surface area contributed by atoms with Gasteiger partial charge in [-0.2, -0.15) is 0 Å². The Morgan fingerprint density at radius 3 is 2.13 bits per heavy atom. The average molecular weight is 528 g/mol. The van der Waals surface area contributed by atoms with Crippen molar-refractivity contribution in [1.29, 1.82) is 0 Å². The van der Waals surface area contributed by atoms with Gasteiger partial charge in [-0.1, -0.05) is 56.3 Å². The number of carbonyl (C=O) groups is 6. The molecule has 0 aliphatic heterocycles. The standard InChI is InChI=1S/C26H33N5O7/c1-14(2)10-20(31-26(37)38)24(35)29-15(3)22(33)25(36)28-13-21(32)30-19(23(27)34)12-16-8-9-17-6-4-5-7-18(17)11-16/h4-9,11,14-15,19-20,31H,10,12-13H2,1-3H3,(H2,27,34)(H,28,36)(H,29,35)(H,30,32)(H,37,38). The minimum absolute atomic E-state index is 0.0177. The van der Waals surface area contributed by atoms with Crippen LogP contribution in [0.2, 0.25) is 0 Å². The Morgan fingerprint density at radius 2 is 1.53 bits per heavy atom. The number of hydrogen-bond acceptors (Lipinski definition) is 6. The molecular weight excluding hydrogens is 494 g/mol. The molecule has 204 valence electrons. The molecule has 0 saturated carbocycles. The van der Waals surface area contributed by atoms with Gasteiger partial charge >= 0.3 is 6.09 Å². The second-order valence-electron chi connectivity index (χ2n) is 9.32. The summed E-state index contributed by atoms with van der Waals surface area (Å²) in [5.74, 6) is -4.45. The first-order valence-corrected chi connectivity index (χ1v) is 12.1. The summed E-state index contributed by atoms with van der Waals surface area (Å²) in [6, 6.07) is 9.80. The molecule has 12 heteroatoms. The van der Waals surface area contributed by atoms with E-state index in [2.05, 4.69) is 21.3 Å². The van der Waals surface area contributed by atoms with E-state index in [4.69, 9.17) is 10.8 Å². The Hall–Kier alpha value is -4.48. The molecule has 0 spiro atoms. The molecule has 0 aliphatic rings. The molecule has 0 radical (unpaired) electrons. The van der Waals surface area contributed by atoms with E-state index in [1.807, 2.05) is 42.5 Å². The number of Topliss-reactive ketones (excluding diaryl/α,β-unsaturated/α-hetero) is 1. The van der Waals surface area contributed by atoms with Gasteiger partial charge in [-0.05, 0) is 35.6 Å². The third-order valence-corrected chi connectivity index (χ3v) is 5.64. The van der Waals surface area contributed by atoms with Gasteiger partial charge in [0.15, 0.2) is 0 Å². The Morgan fingerprint density at radius 1 is 0.868 bits per heavy atom. The molecule has 0 saturated heterocycles. The van der Waals surface area contributed by atoms with Crippen molar-refractivity contribution in [3.63, 3.8) is 0 Å². The summed E-state index contributed by atoms with van der Waals surface area (Å²) in [5, 5.41) is 19.9.